The van der Waals surface area contributed by atoms with E-state index in [1.54, 1.807) is 0 Å². The van der Waals surface area contributed by atoms with Gasteiger partial charge >= 0.3 is 8.25 Å². The fourth-order valence-corrected chi connectivity index (χ4v) is 0.760. The number of hydrogen-bond donors (Lipinski definition) is 2. The molecular weight excluding hydrogens is 151 g/mol. The van der Waals surface area contributed by atoms with Crippen molar-refractivity contribution in [3.05, 3.63) is 12.2 Å². The molecule has 0 spiro atoms. The Morgan fingerprint density at radius 1 is 1.10 bits per heavy atom. The minimum absolute atomic E-state index is 1.32. The summed E-state index contributed by atoms with van der Waals surface area (Å²) in [7, 11) is -3.13. The average molecular weight is 164 g/mol. The first-order chi connectivity index (χ1) is 4.73. The standard InChI is InChI=1S/C6H10.H3O3P/c1-2-4-6-5-3-1;1-4(2)3/h1-2H,3-6H2;4H,(H2,1,2,3). The second-order valence-electron chi connectivity index (χ2n) is 2.04. The van der Waals surface area contributed by atoms with Crippen LogP contribution in [-0.2, 0) is 4.57 Å². The minimum atomic E-state index is -3.13. The van der Waals surface area contributed by atoms with E-state index < -0.39 is 8.25 Å². The zero-order valence-electron chi connectivity index (χ0n) is 5.79. The highest BCUT2D eigenvalue weighted by atomic mass is 31.1. The third-order valence-electron chi connectivity index (χ3n) is 1.16. The van der Waals surface area contributed by atoms with E-state index in [9.17, 15) is 0 Å². The molecule has 0 aromatic rings. The van der Waals surface area contributed by atoms with Gasteiger partial charge in [-0.05, 0) is 25.7 Å². The molecule has 0 saturated heterocycles. The quantitative estimate of drug-likeness (QED) is 0.421. The van der Waals surface area contributed by atoms with Crippen LogP contribution in [0.1, 0.15) is 25.7 Å². The molecule has 0 unspecified atom stereocenters. The summed E-state index contributed by atoms with van der Waals surface area (Å²) in [5.41, 5.74) is 0. The molecular formula is C6H13O3P. The summed E-state index contributed by atoms with van der Waals surface area (Å²) in [6, 6.07) is 0. The van der Waals surface area contributed by atoms with Crippen LogP contribution >= 0.6 is 8.25 Å². The van der Waals surface area contributed by atoms with Crippen molar-refractivity contribution in [2.75, 3.05) is 0 Å². The largest absolute Gasteiger partial charge is 0.326 e. The van der Waals surface area contributed by atoms with Crippen molar-refractivity contribution in [3.8, 4) is 0 Å². The zero-order chi connectivity index (χ0) is 7.82. The molecule has 0 saturated carbocycles. The first-order valence-corrected chi connectivity index (χ1v) is 4.60. The SMILES string of the molecule is C1=CCCCC1.O=[PH](O)O. The molecule has 0 atom stereocenters. The van der Waals surface area contributed by atoms with Crippen LogP contribution in [0.15, 0.2) is 12.2 Å². The van der Waals surface area contributed by atoms with Gasteiger partial charge in [0.15, 0.2) is 0 Å². The molecule has 2 N–H and O–H groups in total. The third-order valence-corrected chi connectivity index (χ3v) is 1.16. The summed E-state index contributed by atoms with van der Waals surface area (Å²) in [5.74, 6) is 0. The van der Waals surface area contributed by atoms with Gasteiger partial charge in [-0.3, -0.25) is 4.57 Å². The molecule has 0 fully saturated rings. The Morgan fingerprint density at radius 2 is 1.40 bits per heavy atom. The molecule has 1 aliphatic rings. The Morgan fingerprint density at radius 3 is 1.50 bits per heavy atom. The smallest absolute Gasteiger partial charge is 0.314 e. The molecule has 0 bridgehead atoms. The Bertz CT molecular complexity index is 110. The molecule has 1 aliphatic carbocycles. The monoisotopic (exact) mass is 164 g/mol. The predicted molar refractivity (Wildman–Crippen MR) is 41.0 cm³/mol. The lowest BCUT2D eigenvalue weighted by atomic mass is 10.1. The van der Waals surface area contributed by atoms with Crippen LogP contribution in [-0.4, -0.2) is 9.79 Å². The second-order valence-corrected chi connectivity index (χ2v) is 2.60. The van der Waals surface area contributed by atoms with Crippen LogP contribution in [0.4, 0.5) is 0 Å². The summed E-state index contributed by atoms with van der Waals surface area (Å²) < 4.78 is 8.74. The summed E-state index contributed by atoms with van der Waals surface area (Å²) in [6.45, 7) is 0. The highest BCUT2D eigenvalue weighted by Crippen LogP contribution is 2.07. The fourth-order valence-electron chi connectivity index (χ4n) is 0.760. The molecule has 0 radical (unpaired) electrons. The van der Waals surface area contributed by atoms with E-state index in [1.165, 1.54) is 25.7 Å². The third kappa shape index (κ3) is 10.8. The van der Waals surface area contributed by atoms with Gasteiger partial charge in [-0.1, -0.05) is 12.2 Å². The van der Waals surface area contributed by atoms with Gasteiger partial charge < -0.3 is 9.79 Å². The van der Waals surface area contributed by atoms with Gasteiger partial charge in [-0.2, -0.15) is 0 Å². The van der Waals surface area contributed by atoms with Crippen LogP contribution in [0.3, 0.4) is 0 Å². The highest BCUT2D eigenvalue weighted by molar-refractivity contribution is 7.30. The van der Waals surface area contributed by atoms with Gasteiger partial charge in [0, 0.05) is 0 Å². The lowest BCUT2D eigenvalue weighted by Gasteiger charge is -1.97. The van der Waals surface area contributed by atoms with E-state index >= 15 is 0 Å². The van der Waals surface area contributed by atoms with Crippen molar-refractivity contribution in [1.29, 1.82) is 0 Å². The first-order valence-electron chi connectivity index (χ1n) is 3.30. The Hall–Kier alpha value is -0.110. The molecule has 1 rings (SSSR count). The fraction of sp³-hybridized carbons (Fsp3) is 0.667. The lowest BCUT2D eigenvalue weighted by molar-refractivity contribution is 0.405. The molecule has 60 valence electrons. The molecule has 4 heteroatoms. The van der Waals surface area contributed by atoms with E-state index in [4.69, 9.17) is 14.4 Å². The van der Waals surface area contributed by atoms with Crippen LogP contribution < -0.4 is 0 Å². The predicted octanol–water partition coefficient (Wildman–Crippen LogP) is 1.48. The maximum absolute atomic E-state index is 8.74. The normalized spacial score (nSPS) is 16.3. The van der Waals surface area contributed by atoms with E-state index in [-0.39, 0.29) is 0 Å². The first kappa shape index (κ1) is 9.89. The Labute approximate surface area is 61.3 Å². The van der Waals surface area contributed by atoms with E-state index in [2.05, 4.69) is 12.2 Å². The molecule has 0 aromatic heterocycles. The van der Waals surface area contributed by atoms with Gasteiger partial charge in [0.05, 0.1) is 0 Å². The van der Waals surface area contributed by atoms with Crippen LogP contribution in [0.2, 0.25) is 0 Å². The summed E-state index contributed by atoms with van der Waals surface area (Å²) in [4.78, 5) is 14.3. The summed E-state index contributed by atoms with van der Waals surface area (Å²) in [5, 5.41) is 0. The van der Waals surface area contributed by atoms with Crippen LogP contribution in [0, 0.1) is 0 Å². The van der Waals surface area contributed by atoms with Crippen molar-refractivity contribution in [2.24, 2.45) is 0 Å². The summed E-state index contributed by atoms with van der Waals surface area (Å²) >= 11 is 0. The van der Waals surface area contributed by atoms with Gasteiger partial charge in [0.1, 0.15) is 0 Å². The lowest BCUT2D eigenvalue weighted by Crippen LogP contribution is -1.77. The minimum Gasteiger partial charge on any atom is -0.326 e. The molecule has 0 aliphatic heterocycles. The van der Waals surface area contributed by atoms with E-state index in [0.29, 0.717) is 0 Å². The summed E-state index contributed by atoms with van der Waals surface area (Å²) in [6.07, 6.45) is 10.0. The van der Waals surface area contributed by atoms with Gasteiger partial charge in [0.2, 0.25) is 0 Å². The van der Waals surface area contributed by atoms with Gasteiger partial charge in [-0.15, -0.1) is 0 Å². The van der Waals surface area contributed by atoms with Crippen molar-refractivity contribution in [1.82, 2.24) is 0 Å². The maximum atomic E-state index is 8.74. The maximum Gasteiger partial charge on any atom is 0.314 e. The number of hydrogen-bond acceptors (Lipinski definition) is 1. The highest BCUT2D eigenvalue weighted by Gasteiger charge is 1.87. The Kier molecular flexibility index (Phi) is 6.93. The van der Waals surface area contributed by atoms with Crippen LogP contribution in [0.25, 0.3) is 0 Å². The number of rotatable bonds is 0. The number of allylic oxidation sites excluding steroid dienone is 2. The molecule has 3 nitrogen and oxygen atoms in total. The molecule has 0 aromatic carbocycles. The zero-order valence-corrected chi connectivity index (χ0v) is 6.79. The second kappa shape index (κ2) is 7.00. The Balaban J connectivity index is 0.000000180. The van der Waals surface area contributed by atoms with E-state index in [1.807, 2.05) is 0 Å². The average Bonchev–Trinajstić information content (AvgIpc) is 1.90. The van der Waals surface area contributed by atoms with Crippen molar-refractivity contribution >= 4 is 8.25 Å². The van der Waals surface area contributed by atoms with Crippen molar-refractivity contribution < 1.29 is 14.4 Å². The van der Waals surface area contributed by atoms with Crippen LogP contribution in [0.5, 0.6) is 0 Å². The van der Waals surface area contributed by atoms with Gasteiger partial charge in [-0.25, -0.2) is 0 Å². The molecule has 0 heterocycles. The molecule has 0 amide bonds. The topological polar surface area (TPSA) is 57.5 Å². The van der Waals surface area contributed by atoms with Crippen molar-refractivity contribution in [2.45, 2.75) is 25.7 Å². The van der Waals surface area contributed by atoms with Crippen molar-refractivity contribution in [3.63, 3.8) is 0 Å². The van der Waals surface area contributed by atoms with Gasteiger partial charge in [0.25, 0.3) is 0 Å². The van der Waals surface area contributed by atoms with E-state index in [0.717, 1.165) is 0 Å². The molecule has 10 heavy (non-hydrogen) atoms.